The largest absolute Gasteiger partial charge is 0.496 e. The van der Waals surface area contributed by atoms with Crippen LogP contribution in [0.15, 0.2) is 41.3 Å². The van der Waals surface area contributed by atoms with Gasteiger partial charge in [-0.15, -0.1) is 0 Å². The lowest BCUT2D eigenvalue weighted by atomic mass is 10.1. The lowest BCUT2D eigenvalue weighted by Gasteiger charge is -2.13. The first-order valence-corrected chi connectivity index (χ1v) is 9.09. The minimum Gasteiger partial charge on any atom is -0.496 e. The Morgan fingerprint density at radius 3 is 2.29 bits per heavy atom. The molecule has 0 aliphatic carbocycles. The Hall–Kier alpha value is -3.00. The molecule has 1 aliphatic heterocycles. The van der Waals surface area contributed by atoms with Crippen LogP contribution < -0.4 is 14.2 Å². The second-order valence-electron chi connectivity index (χ2n) is 5.81. The molecule has 0 unspecified atom stereocenters. The van der Waals surface area contributed by atoms with Crippen molar-refractivity contribution in [3.63, 3.8) is 0 Å². The number of hydrogen-bond acceptors (Lipinski definition) is 6. The van der Waals surface area contributed by atoms with Crippen molar-refractivity contribution in [1.29, 1.82) is 0 Å². The molecule has 28 heavy (non-hydrogen) atoms. The van der Waals surface area contributed by atoms with Gasteiger partial charge in [0.15, 0.2) is 11.5 Å². The molecule has 0 spiro atoms. The third-order valence-corrected chi connectivity index (χ3v) is 5.09. The highest BCUT2D eigenvalue weighted by Crippen LogP contribution is 2.39. The zero-order chi connectivity index (χ0) is 20.3. The van der Waals surface area contributed by atoms with E-state index in [1.807, 2.05) is 0 Å². The average molecular weight is 403 g/mol. The summed E-state index contributed by atoms with van der Waals surface area (Å²) in [7, 11) is 4.49. The van der Waals surface area contributed by atoms with E-state index in [2.05, 4.69) is 0 Å². The van der Waals surface area contributed by atoms with Crippen molar-refractivity contribution in [3.05, 3.63) is 58.2 Å². The van der Waals surface area contributed by atoms with Crippen molar-refractivity contribution in [2.75, 3.05) is 21.3 Å². The third-order valence-electron chi connectivity index (χ3n) is 4.18. The van der Waals surface area contributed by atoms with Crippen LogP contribution in [0.4, 0.5) is 9.18 Å². The molecule has 1 heterocycles. The highest BCUT2D eigenvalue weighted by molar-refractivity contribution is 8.18. The molecule has 0 saturated carbocycles. The van der Waals surface area contributed by atoms with Gasteiger partial charge in [-0.3, -0.25) is 14.5 Å². The minimum atomic E-state index is -0.491. The Balaban J connectivity index is 1.92. The van der Waals surface area contributed by atoms with Gasteiger partial charge in [-0.25, -0.2) is 4.39 Å². The Bertz CT molecular complexity index is 960. The molecule has 0 radical (unpaired) electrons. The fraction of sp³-hybridized carbons (Fsp3) is 0.200. The van der Waals surface area contributed by atoms with Gasteiger partial charge in [0.05, 0.1) is 32.8 Å². The van der Waals surface area contributed by atoms with Crippen molar-refractivity contribution < 1.29 is 28.2 Å². The molecule has 1 saturated heterocycles. The van der Waals surface area contributed by atoms with E-state index in [1.165, 1.54) is 27.4 Å². The van der Waals surface area contributed by atoms with Gasteiger partial charge in [0.1, 0.15) is 11.6 Å². The second kappa shape index (κ2) is 8.35. The van der Waals surface area contributed by atoms with Crippen LogP contribution in [0.25, 0.3) is 6.08 Å². The summed E-state index contributed by atoms with van der Waals surface area (Å²) in [6.45, 7) is -0.127. The predicted octanol–water partition coefficient (Wildman–Crippen LogP) is 4.09. The monoisotopic (exact) mass is 403 g/mol. The van der Waals surface area contributed by atoms with E-state index < -0.39 is 17.0 Å². The molecule has 3 rings (SSSR count). The van der Waals surface area contributed by atoms with Crippen molar-refractivity contribution >= 4 is 29.0 Å². The summed E-state index contributed by atoms with van der Waals surface area (Å²) in [6.07, 6.45) is 1.55. The van der Waals surface area contributed by atoms with E-state index in [0.29, 0.717) is 22.8 Å². The molecule has 146 valence electrons. The van der Waals surface area contributed by atoms with Gasteiger partial charge in [0.2, 0.25) is 0 Å². The number of carbonyl (C=O) groups is 2. The van der Waals surface area contributed by atoms with E-state index in [9.17, 15) is 14.0 Å². The first-order chi connectivity index (χ1) is 13.5. The Morgan fingerprint density at radius 2 is 1.64 bits per heavy atom. The first-order valence-electron chi connectivity index (χ1n) is 8.27. The minimum absolute atomic E-state index is 0.127. The van der Waals surface area contributed by atoms with Crippen LogP contribution in [0.3, 0.4) is 0 Å². The number of halogens is 1. The predicted molar refractivity (Wildman–Crippen MR) is 104 cm³/mol. The van der Waals surface area contributed by atoms with Gasteiger partial charge in [0, 0.05) is 17.2 Å². The Morgan fingerprint density at radius 1 is 1.00 bits per heavy atom. The summed E-state index contributed by atoms with van der Waals surface area (Å²) in [6, 6.07) is 9.33. The first kappa shape index (κ1) is 19.8. The number of rotatable bonds is 6. The Labute approximate surface area is 165 Å². The summed E-state index contributed by atoms with van der Waals surface area (Å²) < 4.78 is 29.8. The van der Waals surface area contributed by atoms with E-state index in [1.54, 1.807) is 36.4 Å². The number of benzene rings is 2. The molecule has 0 bridgehead atoms. The van der Waals surface area contributed by atoms with E-state index in [4.69, 9.17) is 14.2 Å². The Kier molecular flexibility index (Phi) is 5.89. The summed E-state index contributed by atoms with van der Waals surface area (Å²) >= 11 is 0.793. The summed E-state index contributed by atoms with van der Waals surface area (Å²) in [5.74, 6) is 0.435. The van der Waals surface area contributed by atoms with Crippen molar-refractivity contribution in [2.24, 2.45) is 0 Å². The normalized spacial score (nSPS) is 15.3. The standard InChI is InChI=1S/C20H18FNO5S/c1-25-15-10-17(27-3)16(26-2)8-13(15)9-18-19(23)22(20(24)28-18)11-12-6-4-5-7-14(12)21/h4-10H,11H2,1-3H3/b18-9+. The molecule has 2 aromatic carbocycles. The number of nitrogens with zero attached hydrogens (tertiary/aromatic N) is 1. The molecule has 2 aromatic rings. The maximum absolute atomic E-state index is 13.9. The molecule has 1 fully saturated rings. The van der Waals surface area contributed by atoms with E-state index in [-0.39, 0.29) is 17.0 Å². The summed E-state index contributed by atoms with van der Waals surface area (Å²) in [4.78, 5) is 26.2. The van der Waals surface area contributed by atoms with E-state index >= 15 is 0 Å². The lowest BCUT2D eigenvalue weighted by molar-refractivity contribution is -0.123. The maximum Gasteiger partial charge on any atom is 0.293 e. The van der Waals surface area contributed by atoms with Crippen LogP contribution in [0, 0.1) is 5.82 Å². The summed E-state index contributed by atoms with van der Waals surface area (Å²) in [5, 5.41) is -0.459. The van der Waals surface area contributed by atoms with Crippen LogP contribution in [-0.2, 0) is 11.3 Å². The van der Waals surface area contributed by atoms with Crippen LogP contribution >= 0.6 is 11.8 Å². The van der Waals surface area contributed by atoms with Gasteiger partial charge >= 0.3 is 0 Å². The fourth-order valence-corrected chi connectivity index (χ4v) is 3.57. The fourth-order valence-electron chi connectivity index (χ4n) is 2.74. The number of hydrogen-bond donors (Lipinski definition) is 0. The smallest absolute Gasteiger partial charge is 0.293 e. The van der Waals surface area contributed by atoms with Crippen LogP contribution in [-0.4, -0.2) is 37.4 Å². The topological polar surface area (TPSA) is 65.1 Å². The number of imide groups is 1. The van der Waals surface area contributed by atoms with Crippen molar-refractivity contribution in [1.82, 2.24) is 4.90 Å². The molecule has 0 atom stereocenters. The van der Waals surface area contributed by atoms with Crippen molar-refractivity contribution in [3.8, 4) is 17.2 Å². The number of carbonyl (C=O) groups excluding carboxylic acids is 2. The maximum atomic E-state index is 13.9. The van der Waals surface area contributed by atoms with Gasteiger partial charge in [-0.2, -0.15) is 0 Å². The molecule has 1 aliphatic rings. The number of thioether (sulfide) groups is 1. The second-order valence-corrected chi connectivity index (χ2v) is 6.80. The average Bonchev–Trinajstić information content (AvgIpc) is 2.96. The SMILES string of the molecule is COc1cc(OC)c(OC)cc1/C=C1/SC(=O)N(Cc2ccccc2F)C1=O. The third kappa shape index (κ3) is 3.82. The van der Waals surface area contributed by atoms with Gasteiger partial charge in [-0.1, -0.05) is 18.2 Å². The van der Waals surface area contributed by atoms with Gasteiger partial charge in [0.25, 0.3) is 11.1 Å². The quantitative estimate of drug-likeness (QED) is 0.677. The van der Waals surface area contributed by atoms with Gasteiger partial charge < -0.3 is 14.2 Å². The highest BCUT2D eigenvalue weighted by Gasteiger charge is 2.35. The zero-order valence-electron chi connectivity index (χ0n) is 15.5. The number of methoxy groups -OCH3 is 3. The molecule has 8 heteroatoms. The highest BCUT2D eigenvalue weighted by atomic mass is 32.2. The number of ether oxygens (including phenoxy) is 3. The summed E-state index contributed by atoms with van der Waals surface area (Å²) in [5.41, 5.74) is 0.825. The zero-order valence-corrected chi connectivity index (χ0v) is 16.3. The molecular formula is C20H18FNO5S. The van der Waals surface area contributed by atoms with Gasteiger partial charge in [-0.05, 0) is 30.0 Å². The molecule has 0 aromatic heterocycles. The van der Waals surface area contributed by atoms with Crippen LogP contribution in [0.2, 0.25) is 0 Å². The molecule has 0 N–H and O–H groups in total. The molecule has 6 nitrogen and oxygen atoms in total. The van der Waals surface area contributed by atoms with Crippen molar-refractivity contribution in [2.45, 2.75) is 6.54 Å². The van der Waals surface area contributed by atoms with Crippen LogP contribution in [0.1, 0.15) is 11.1 Å². The molecular weight excluding hydrogens is 385 g/mol. The number of amides is 2. The lowest BCUT2D eigenvalue weighted by Crippen LogP contribution is -2.27. The van der Waals surface area contributed by atoms with Crippen LogP contribution in [0.5, 0.6) is 17.2 Å². The molecule has 2 amide bonds. The van der Waals surface area contributed by atoms with E-state index in [0.717, 1.165) is 16.7 Å².